The molecule has 2 heterocycles. The van der Waals surface area contributed by atoms with Gasteiger partial charge in [-0.05, 0) is 38.4 Å². The van der Waals surface area contributed by atoms with Gasteiger partial charge in [-0.1, -0.05) is 46.8 Å². The van der Waals surface area contributed by atoms with E-state index >= 15 is 0 Å². The van der Waals surface area contributed by atoms with Gasteiger partial charge in [0.15, 0.2) is 14.1 Å². The molecule has 0 aromatic carbocycles. The number of aliphatic hydroxyl groups is 3. The van der Waals surface area contributed by atoms with E-state index in [9.17, 15) is 20.1 Å². The molecule has 1 unspecified atom stereocenters. The van der Waals surface area contributed by atoms with Crippen molar-refractivity contribution in [2.24, 2.45) is 17.8 Å². The predicted molar refractivity (Wildman–Crippen MR) is 130 cm³/mol. The second kappa shape index (κ2) is 10.2. The molecular formula is C25H46O7Si. The summed E-state index contributed by atoms with van der Waals surface area (Å²) in [5, 5.41) is 31.4. The van der Waals surface area contributed by atoms with Crippen molar-refractivity contribution < 1.29 is 34.0 Å². The fraction of sp³-hybridized carbons (Fsp3) is 0.880. The molecule has 2 aliphatic heterocycles. The average molecular weight is 487 g/mol. The lowest BCUT2D eigenvalue weighted by atomic mass is 9.78. The standard InChI is InChI=1S/C25H46O7Si/c1-10-12-16(3)21-24(7,31-21)22(32-33(8,9)23(4,5)6)17(14-26)20(28)18-15-30-25(29,11-2)13-19(18)27/h10,12,16-19,21-22,26-27,29H,11,13-15H2,1-9H3/b12-10-/t16-,17-,18+,19-,21+,22-,24-,25?/m0/s1. The van der Waals surface area contributed by atoms with Crippen LogP contribution in [0.5, 0.6) is 0 Å². The first-order chi connectivity index (χ1) is 15.1. The van der Waals surface area contributed by atoms with Gasteiger partial charge >= 0.3 is 0 Å². The summed E-state index contributed by atoms with van der Waals surface area (Å²) >= 11 is 0. The van der Waals surface area contributed by atoms with Crippen LogP contribution in [0.3, 0.4) is 0 Å². The summed E-state index contributed by atoms with van der Waals surface area (Å²) in [6, 6.07) is 0. The zero-order chi connectivity index (χ0) is 25.4. The average Bonchev–Trinajstić information content (AvgIpc) is 3.40. The van der Waals surface area contributed by atoms with Crippen molar-refractivity contribution in [3.8, 4) is 0 Å². The van der Waals surface area contributed by atoms with E-state index in [1.54, 1.807) is 6.92 Å². The van der Waals surface area contributed by atoms with Crippen LogP contribution < -0.4 is 0 Å². The summed E-state index contributed by atoms with van der Waals surface area (Å²) in [6.07, 6.45) is 2.48. The van der Waals surface area contributed by atoms with E-state index in [2.05, 4.69) is 46.9 Å². The first-order valence-corrected chi connectivity index (χ1v) is 15.1. The van der Waals surface area contributed by atoms with Gasteiger partial charge in [-0.2, -0.15) is 0 Å². The molecule has 3 N–H and O–H groups in total. The van der Waals surface area contributed by atoms with Crippen LogP contribution >= 0.6 is 0 Å². The maximum atomic E-state index is 13.7. The monoisotopic (exact) mass is 486 g/mol. The fourth-order valence-electron chi connectivity index (χ4n) is 4.61. The van der Waals surface area contributed by atoms with Crippen molar-refractivity contribution in [1.82, 2.24) is 0 Å². The highest BCUT2D eigenvalue weighted by atomic mass is 28.4. The van der Waals surface area contributed by atoms with Gasteiger partial charge < -0.3 is 29.2 Å². The van der Waals surface area contributed by atoms with Crippen LogP contribution in [0.25, 0.3) is 0 Å². The third kappa shape index (κ3) is 5.97. The lowest BCUT2D eigenvalue weighted by Gasteiger charge is -2.44. The first-order valence-electron chi connectivity index (χ1n) is 12.2. The molecule has 0 saturated carbocycles. The van der Waals surface area contributed by atoms with Crippen LogP contribution in [-0.2, 0) is 18.7 Å². The van der Waals surface area contributed by atoms with E-state index in [-0.39, 0.29) is 35.9 Å². The minimum Gasteiger partial charge on any atom is -0.410 e. The molecule has 2 aliphatic rings. The largest absolute Gasteiger partial charge is 0.410 e. The van der Waals surface area contributed by atoms with E-state index in [0.29, 0.717) is 6.42 Å². The Kier molecular flexibility index (Phi) is 8.82. The zero-order valence-corrected chi connectivity index (χ0v) is 22.9. The van der Waals surface area contributed by atoms with Crippen molar-refractivity contribution in [2.75, 3.05) is 13.2 Å². The molecule has 0 radical (unpaired) electrons. The fourth-order valence-corrected chi connectivity index (χ4v) is 5.99. The topological polar surface area (TPSA) is 109 Å². The van der Waals surface area contributed by atoms with E-state index in [0.717, 1.165) is 0 Å². The molecule has 0 spiro atoms. The number of carbonyl (C=O) groups is 1. The highest BCUT2D eigenvalue weighted by Crippen LogP contribution is 2.51. The van der Waals surface area contributed by atoms with Gasteiger partial charge in [-0.15, -0.1) is 0 Å². The normalized spacial score (nSPS) is 35.9. The number of hydrogen-bond donors (Lipinski definition) is 3. The van der Waals surface area contributed by atoms with Crippen LogP contribution in [-0.4, -0.2) is 72.3 Å². The second-order valence-corrected chi connectivity index (χ2v) is 16.3. The number of ether oxygens (including phenoxy) is 2. The van der Waals surface area contributed by atoms with Gasteiger partial charge in [-0.3, -0.25) is 4.79 Å². The highest BCUT2D eigenvalue weighted by molar-refractivity contribution is 6.74. The maximum absolute atomic E-state index is 13.7. The Bertz CT molecular complexity index is 718. The molecule has 0 amide bonds. The van der Waals surface area contributed by atoms with Crippen LogP contribution in [0, 0.1) is 17.8 Å². The van der Waals surface area contributed by atoms with Gasteiger partial charge in [-0.25, -0.2) is 0 Å². The minimum atomic E-state index is -2.34. The van der Waals surface area contributed by atoms with Gasteiger partial charge in [0.05, 0.1) is 43.4 Å². The molecule has 2 saturated heterocycles. The smallest absolute Gasteiger partial charge is 0.192 e. The zero-order valence-electron chi connectivity index (χ0n) is 21.9. The van der Waals surface area contributed by atoms with Crippen LogP contribution in [0.15, 0.2) is 12.2 Å². The number of aliphatic hydroxyl groups excluding tert-OH is 2. The predicted octanol–water partition coefficient (Wildman–Crippen LogP) is 3.42. The Morgan fingerprint density at radius 3 is 2.39 bits per heavy atom. The summed E-state index contributed by atoms with van der Waals surface area (Å²) in [6.45, 7) is 17.9. The Labute approximate surface area is 200 Å². The summed E-state index contributed by atoms with van der Waals surface area (Å²) in [5.41, 5.74) is -0.734. The number of hydrogen-bond acceptors (Lipinski definition) is 7. The van der Waals surface area contributed by atoms with Crippen molar-refractivity contribution in [3.05, 3.63) is 12.2 Å². The molecule has 2 fully saturated rings. The Morgan fingerprint density at radius 1 is 1.33 bits per heavy atom. The number of rotatable bonds is 10. The van der Waals surface area contributed by atoms with Crippen LogP contribution in [0.2, 0.25) is 18.1 Å². The SMILES string of the molecule is C/C=C\[C@H](C)[C@H]1O[C@]1(C)[C@@H](O[Si](C)(C)C(C)(C)C)[C@@H](CO)C(=O)[C@@H]1COC(O)(CC)C[C@@H]1O. The lowest BCUT2D eigenvalue weighted by Crippen LogP contribution is -2.56. The number of carbonyl (C=O) groups excluding carboxylic acids is 1. The summed E-state index contributed by atoms with van der Waals surface area (Å²) in [4.78, 5) is 13.7. The van der Waals surface area contributed by atoms with E-state index in [1.807, 2.05) is 19.9 Å². The molecule has 0 aromatic rings. The maximum Gasteiger partial charge on any atom is 0.192 e. The summed E-state index contributed by atoms with van der Waals surface area (Å²) in [5.74, 6) is -3.32. The molecule has 33 heavy (non-hydrogen) atoms. The van der Waals surface area contributed by atoms with Gasteiger partial charge in [0.25, 0.3) is 0 Å². The quantitative estimate of drug-likeness (QED) is 0.247. The second-order valence-electron chi connectivity index (χ2n) is 11.6. The van der Waals surface area contributed by atoms with Crippen LogP contribution in [0.4, 0.5) is 0 Å². The summed E-state index contributed by atoms with van der Waals surface area (Å²) < 4.78 is 18.5. The summed E-state index contributed by atoms with van der Waals surface area (Å²) in [7, 11) is -2.34. The van der Waals surface area contributed by atoms with Crippen molar-refractivity contribution >= 4 is 14.1 Å². The van der Waals surface area contributed by atoms with Gasteiger partial charge in [0.1, 0.15) is 11.4 Å². The molecular weight excluding hydrogens is 440 g/mol. The number of ketones is 1. The van der Waals surface area contributed by atoms with E-state index in [4.69, 9.17) is 13.9 Å². The third-order valence-corrected chi connectivity index (χ3v) is 12.5. The van der Waals surface area contributed by atoms with Gasteiger partial charge in [0, 0.05) is 12.3 Å². The highest BCUT2D eigenvalue weighted by Gasteiger charge is 2.64. The van der Waals surface area contributed by atoms with Crippen LogP contribution in [0.1, 0.15) is 61.3 Å². The molecule has 2 rings (SSSR count). The lowest BCUT2D eigenvalue weighted by molar-refractivity contribution is -0.258. The number of allylic oxidation sites excluding steroid dienone is 1. The Morgan fingerprint density at radius 2 is 1.94 bits per heavy atom. The van der Waals surface area contributed by atoms with Crippen molar-refractivity contribution in [1.29, 1.82) is 0 Å². The molecule has 8 heteroatoms. The molecule has 192 valence electrons. The third-order valence-electron chi connectivity index (χ3n) is 8.02. The Balaban J connectivity index is 2.37. The van der Waals surface area contributed by atoms with Crippen molar-refractivity contribution in [2.45, 2.75) is 109 Å². The molecule has 0 aliphatic carbocycles. The van der Waals surface area contributed by atoms with E-state index < -0.39 is 50.4 Å². The molecule has 0 bridgehead atoms. The molecule has 7 nitrogen and oxygen atoms in total. The minimum absolute atomic E-state index is 0.0411. The molecule has 8 atom stereocenters. The number of Topliss-reactive ketones (excluding diaryl/α,β-unsaturated/α-hetero) is 1. The number of epoxide rings is 1. The first kappa shape index (κ1) is 28.6. The molecule has 0 aromatic heterocycles. The van der Waals surface area contributed by atoms with Crippen molar-refractivity contribution in [3.63, 3.8) is 0 Å². The van der Waals surface area contributed by atoms with Gasteiger partial charge in [0.2, 0.25) is 0 Å². The Hall–Kier alpha value is -0.613. The van der Waals surface area contributed by atoms with E-state index in [1.165, 1.54) is 0 Å².